The van der Waals surface area contributed by atoms with E-state index in [0.717, 1.165) is 13.0 Å². The lowest BCUT2D eigenvalue weighted by molar-refractivity contribution is -0.274. The van der Waals surface area contributed by atoms with E-state index in [1.54, 1.807) is 17.0 Å². The van der Waals surface area contributed by atoms with Gasteiger partial charge >= 0.3 is 6.36 Å². The first-order chi connectivity index (χ1) is 10.9. The second kappa shape index (κ2) is 7.68. The third kappa shape index (κ3) is 5.42. The van der Waals surface area contributed by atoms with Gasteiger partial charge in [-0.3, -0.25) is 4.79 Å². The van der Waals surface area contributed by atoms with Gasteiger partial charge in [0.05, 0.1) is 0 Å². The second-order valence-corrected chi connectivity index (χ2v) is 5.71. The summed E-state index contributed by atoms with van der Waals surface area (Å²) < 4.78 is 41.1. The predicted molar refractivity (Wildman–Crippen MR) is 80.1 cm³/mol. The Balaban J connectivity index is 1.90. The van der Waals surface area contributed by atoms with Crippen molar-refractivity contribution in [3.05, 3.63) is 29.8 Å². The highest BCUT2D eigenvalue weighted by Crippen LogP contribution is 2.27. The Morgan fingerprint density at radius 3 is 2.83 bits per heavy atom. The fraction of sp³-hybridized carbons (Fsp3) is 0.562. The van der Waals surface area contributed by atoms with E-state index in [1.165, 1.54) is 12.1 Å². The van der Waals surface area contributed by atoms with E-state index in [9.17, 15) is 18.0 Å². The van der Waals surface area contributed by atoms with Crippen LogP contribution in [-0.2, 0) is 11.2 Å². The summed E-state index contributed by atoms with van der Waals surface area (Å²) in [6, 6.07) is 5.95. The minimum Gasteiger partial charge on any atom is -0.406 e. The Hall–Kier alpha value is -1.76. The molecule has 128 valence electrons. The molecule has 23 heavy (non-hydrogen) atoms. The van der Waals surface area contributed by atoms with E-state index in [2.05, 4.69) is 10.1 Å². The maximum Gasteiger partial charge on any atom is 0.573 e. The predicted octanol–water partition coefficient (Wildman–Crippen LogP) is 2.59. The number of amides is 1. The molecule has 1 aliphatic heterocycles. The number of carbonyl (C=O) groups is 1. The van der Waals surface area contributed by atoms with Crippen molar-refractivity contribution >= 4 is 5.91 Å². The number of hydrogen-bond donors (Lipinski definition) is 1. The van der Waals surface area contributed by atoms with E-state index in [1.807, 2.05) is 7.05 Å². The third-order valence-corrected chi connectivity index (χ3v) is 3.94. The molecular weight excluding hydrogens is 309 g/mol. The van der Waals surface area contributed by atoms with Crippen molar-refractivity contribution in [2.24, 2.45) is 5.92 Å². The molecule has 0 saturated carbocycles. The number of benzene rings is 1. The topological polar surface area (TPSA) is 41.6 Å². The highest BCUT2D eigenvalue weighted by Gasteiger charge is 2.32. The van der Waals surface area contributed by atoms with Crippen molar-refractivity contribution in [1.82, 2.24) is 10.2 Å². The molecule has 1 saturated heterocycles. The highest BCUT2D eigenvalue weighted by atomic mass is 19.4. The Bertz CT molecular complexity index is 534. The Morgan fingerprint density at radius 2 is 2.13 bits per heavy atom. The summed E-state index contributed by atoms with van der Waals surface area (Å²) in [6.45, 7) is 2.29. The zero-order valence-corrected chi connectivity index (χ0v) is 13.0. The van der Waals surface area contributed by atoms with E-state index >= 15 is 0 Å². The number of ether oxygens (including phenoxy) is 1. The molecule has 0 aromatic heterocycles. The standard InChI is InChI=1S/C16H21F3N2O2/c1-20-10-12-8-9-21(11-12)15(22)7-6-13-4-2-3-5-14(13)23-16(17,18)19/h2-5,12,20H,6-11H2,1H3/t12-/m0/s1. The molecule has 0 unspecified atom stereocenters. The summed E-state index contributed by atoms with van der Waals surface area (Å²) in [5.41, 5.74) is 0.393. The van der Waals surface area contributed by atoms with Crippen LogP contribution in [0.1, 0.15) is 18.4 Å². The lowest BCUT2D eigenvalue weighted by atomic mass is 10.1. The average molecular weight is 330 g/mol. The molecule has 2 rings (SSSR count). The molecule has 4 nitrogen and oxygen atoms in total. The van der Waals surface area contributed by atoms with E-state index in [-0.39, 0.29) is 24.5 Å². The number of hydrogen-bond acceptors (Lipinski definition) is 3. The largest absolute Gasteiger partial charge is 0.573 e. The van der Waals surface area contributed by atoms with Crippen LogP contribution in [0, 0.1) is 5.92 Å². The molecule has 0 aliphatic carbocycles. The van der Waals surface area contributed by atoms with E-state index in [0.29, 0.717) is 24.6 Å². The van der Waals surface area contributed by atoms with Crippen LogP contribution in [-0.4, -0.2) is 43.9 Å². The Kier molecular flexibility index (Phi) is 5.87. The molecule has 7 heteroatoms. The van der Waals surface area contributed by atoms with Gasteiger partial charge in [0.15, 0.2) is 0 Å². The normalized spacial score (nSPS) is 18.3. The average Bonchev–Trinajstić information content (AvgIpc) is 2.93. The first kappa shape index (κ1) is 17.6. The molecule has 1 N–H and O–H groups in total. The van der Waals surface area contributed by atoms with Gasteiger partial charge in [0.25, 0.3) is 0 Å². The summed E-state index contributed by atoms with van der Waals surface area (Å²) in [6.07, 6.45) is -3.35. The second-order valence-electron chi connectivity index (χ2n) is 5.71. The Labute approximate surface area is 133 Å². The smallest absolute Gasteiger partial charge is 0.406 e. The molecule has 1 heterocycles. The van der Waals surface area contributed by atoms with Gasteiger partial charge in [-0.2, -0.15) is 0 Å². The zero-order chi connectivity index (χ0) is 16.9. The highest BCUT2D eigenvalue weighted by molar-refractivity contribution is 5.76. The van der Waals surface area contributed by atoms with Crippen LogP contribution in [0.25, 0.3) is 0 Å². The lowest BCUT2D eigenvalue weighted by Gasteiger charge is -2.17. The van der Waals surface area contributed by atoms with Crippen LogP contribution in [0.15, 0.2) is 24.3 Å². The molecule has 0 spiro atoms. The molecular formula is C16H21F3N2O2. The number of nitrogens with one attached hydrogen (secondary N) is 1. The molecule has 1 atom stereocenters. The van der Waals surface area contributed by atoms with Gasteiger partial charge < -0.3 is 15.0 Å². The molecule has 0 radical (unpaired) electrons. The van der Waals surface area contributed by atoms with Crippen molar-refractivity contribution in [3.63, 3.8) is 0 Å². The number of para-hydroxylation sites is 1. The SMILES string of the molecule is CNC[C@@H]1CCN(C(=O)CCc2ccccc2OC(F)(F)F)C1. The summed E-state index contributed by atoms with van der Waals surface area (Å²) in [5.74, 6) is 0.192. The third-order valence-electron chi connectivity index (χ3n) is 3.94. The van der Waals surface area contributed by atoms with Crippen molar-refractivity contribution in [2.45, 2.75) is 25.6 Å². The maximum absolute atomic E-state index is 12.4. The van der Waals surface area contributed by atoms with Gasteiger partial charge in [0.1, 0.15) is 5.75 Å². The minimum absolute atomic E-state index is 0.0228. The van der Waals surface area contributed by atoms with Gasteiger partial charge in [-0.1, -0.05) is 18.2 Å². The van der Waals surface area contributed by atoms with Crippen LogP contribution in [0.5, 0.6) is 5.75 Å². The van der Waals surface area contributed by atoms with Gasteiger partial charge in [0.2, 0.25) is 5.91 Å². The number of nitrogens with zero attached hydrogens (tertiary/aromatic N) is 1. The molecule has 0 bridgehead atoms. The van der Waals surface area contributed by atoms with Crippen molar-refractivity contribution in [3.8, 4) is 5.75 Å². The van der Waals surface area contributed by atoms with Crippen LogP contribution >= 0.6 is 0 Å². The number of rotatable bonds is 6. The van der Waals surface area contributed by atoms with Crippen LogP contribution < -0.4 is 10.1 Å². The van der Waals surface area contributed by atoms with Gasteiger partial charge in [0, 0.05) is 19.5 Å². The quantitative estimate of drug-likeness (QED) is 0.872. The van der Waals surface area contributed by atoms with E-state index in [4.69, 9.17) is 0 Å². The van der Waals surface area contributed by atoms with E-state index < -0.39 is 6.36 Å². The molecule has 1 fully saturated rings. The Morgan fingerprint density at radius 1 is 1.39 bits per heavy atom. The monoisotopic (exact) mass is 330 g/mol. The summed E-state index contributed by atoms with van der Waals surface area (Å²) in [4.78, 5) is 14.0. The molecule has 1 aliphatic rings. The summed E-state index contributed by atoms with van der Waals surface area (Å²) >= 11 is 0. The summed E-state index contributed by atoms with van der Waals surface area (Å²) in [5, 5.41) is 3.10. The fourth-order valence-electron chi connectivity index (χ4n) is 2.85. The molecule has 1 aromatic carbocycles. The summed E-state index contributed by atoms with van der Waals surface area (Å²) in [7, 11) is 1.88. The van der Waals surface area contributed by atoms with Crippen LogP contribution in [0.2, 0.25) is 0 Å². The van der Waals surface area contributed by atoms with Crippen LogP contribution in [0.3, 0.4) is 0 Å². The van der Waals surface area contributed by atoms with Gasteiger partial charge in [-0.05, 0) is 44.0 Å². The first-order valence-corrected chi connectivity index (χ1v) is 7.65. The maximum atomic E-state index is 12.4. The number of alkyl halides is 3. The minimum atomic E-state index is -4.73. The molecule has 1 amide bonds. The fourth-order valence-corrected chi connectivity index (χ4v) is 2.85. The number of likely N-dealkylation sites (tertiary alicyclic amines) is 1. The number of halogens is 3. The zero-order valence-electron chi connectivity index (χ0n) is 13.0. The number of aryl methyl sites for hydroxylation is 1. The van der Waals surface area contributed by atoms with Crippen molar-refractivity contribution < 1.29 is 22.7 Å². The molecule has 1 aromatic rings. The lowest BCUT2D eigenvalue weighted by Crippen LogP contribution is -2.30. The van der Waals surface area contributed by atoms with Crippen molar-refractivity contribution in [2.75, 3.05) is 26.7 Å². The number of carbonyl (C=O) groups excluding carboxylic acids is 1. The first-order valence-electron chi connectivity index (χ1n) is 7.65. The van der Waals surface area contributed by atoms with Crippen LogP contribution in [0.4, 0.5) is 13.2 Å². The van der Waals surface area contributed by atoms with Gasteiger partial charge in [-0.25, -0.2) is 0 Å². The van der Waals surface area contributed by atoms with Crippen molar-refractivity contribution in [1.29, 1.82) is 0 Å². The van der Waals surface area contributed by atoms with Gasteiger partial charge in [-0.15, -0.1) is 13.2 Å².